The number of aromatic nitrogens is 2. The van der Waals surface area contributed by atoms with Gasteiger partial charge < -0.3 is 10.4 Å². The molecule has 5 nitrogen and oxygen atoms in total. The summed E-state index contributed by atoms with van der Waals surface area (Å²) < 4.78 is 0. The van der Waals surface area contributed by atoms with Crippen molar-refractivity contribution in [2.45, 2.75) is 52.2 Å². The number of rotatable bonds is 5. The Morgan fingerprint density at radius 1 is 1.65 bits per heavy atom. The average Bonchev–Trinajstić information content (AvgIpc) is 2.64. The minimum absolute atomic E-state index is 0.216. The number of nitrogens with zero attached hydrogens (tertiary/aromatic N) is 1. The van der Waals surface area contributed by atoms with E-state index < -0.39 is 6.10 Å². The number of hydrogen-bond donors (Lipinski definition) is 3. The van der Waals surface area contributed by atoms with Crippen LogP contribution in [-0.2, 0) is 0 Å². The maximum atomic E-state index is 11.9. The van der Waals surface area contributed by atoms with E-state index in [1.54, 1.807) is 13.0 Å². The molecule has 0 saturated heterocycles. The second-order valence-electron chi connectivity index (χ2n) is 4.97. The van der Waals surface area contributed by atoms with Gasteiger partial charge in [-0.05, 0) is 33.3 Å². The van der Waals surface area contributed by atoms with Gasteiger partial charge in [-0.3, -0.25) is 9.89 Å². The van der Waals surface area contributed by atoms with E-state index >= 15 is 0 Å². The molecule has 1 heterocycles. The molecule has 0 spiro atoms. The first-order valence-corrected chi connectivity index (χ1v) is 5.91. The van der Waals surface area contributed by atoms with E-state index in [0.29, 0.717) is 11.4 Å². The van der Waals surface area contributed by atoms with Gasteiger partial charge in [-0.1, -0.05) is 13.3 Å². The normalized spacial score (nSPS) is 13.5. The highest BCUT2D eigenvalue weighted by molar-refractivity contribution is 5.92. The number of aliphatic hydroxyl groups is 1. The summed E-state index contributed by atoms with van der Waals surface area (Å²) in [5, 5.41) is 18.8. The van der Waals surface area contributed by atoms with Crippen LogP contribution in [0.2, 0.25) is 0 Å². The zero-order valence-electron chi connectivity index (χ0n) is 10.9. The molecule has 5 heteroatoms. The van der Waals surface area contributed by atoms with Gasteiger partial charge in [0.25, 0.3) is 5.91 Å². The van der Waals surface area contributed by atoms with Gasteiger partial charge in [-0.2, -0.15) is 5.10 Å². The fourth-order valence-corrected chi connectivity index (χ4v) is 1.73. The first-order valence-electron chi connectivity index (χ1n) is 5.91. The largest absolute Gasteiger partial charge is 0.387 e. The van der Waals surface area contributed by atoms with Crippen molar-refractivity contribution in [3.63, 3.8) is 0 Å². The van der Waals surface area contributed by atoms with Gasteiger partial charge in [0.2, 0.25) is 0 Å². The molecule has 0 aliphatic carbocycles. The number of amides is 1. The Labute approximate surface area is 102 Å². The van der Waals surface area contributed by atoms with Crippen LogP contribution in [0.4, 0.5) is 0 Å². The average molecular weight is 239 g/mol. The van der Waals surface area contributed by atoms with Gasteiger partial charge >= 0.3 is 0 Å². The molecule has 96 valence electrons. The molecule has 0 aliphatic rings. The highest BCUT2D eigenvalue weighted by atomic mass is 16.3. The molecule has 0 radical (unpaired) electrons. The Balaban J connectivity index is 2.69. The number of carbonyl (C=O) groups excluding carboxylic acids is 1. The summed E-state index contributed by atoms with van der Waals surface area (Å²) in [7, 11) is 0. The maximum absolute atomic E-state index is 11.9. The van der Waals surface area contributed by atoms with Crippen molar-refractivity contribution in [1.29, 1.82) is 0 Å². The van der Waals surface area contributed by atoms with Gasteiger partial charge in [0, 0.05) is 5.54 Å². The Hall–Kier alpha value is -1.36. The predicted octanol–water partition coefficient (Wildman–Crippen LogP) is 1.77. The first-order chi connectivity index (χ1) is 7.85. The SMILES string of the molecule is CCCC(C)(C)NC(=O)c1cc(C(C)O)[nH]n1. The fourth-order valence-electron chi connectivity index (χ4n) is 1.73. The third kappa shape index (κ3) is 3.85. The summed E-state index contributed by atoms with van der Waals surface area (Å²) in [6, 6.07) is 1.57. The Bertz CT molecular complexity index is 383. The van der Waals surface area contributed by atoms with Crippen molar-refractivity contribution in [2.24, 2.45) is 0 Å². The molecule has 0 aromatic carbocycles. The third-order valence-electron chi connectivity index (χ3n) is 2.61. The minimum atomic E-state index is -0.646. The molecule has 3 N–H and O–H groups in total. The minimum Gasteiger partial charge on any atom is -0.387 e. The number of aliphatic hydroxyl groups excluding tert-OH is 1. The van der Waals surface area contributed by atoms with Crippen molar-refractivity contribution in [3.8, 4) is 0 Å². The van der Waals surface area contributed by atoms with Crippen molar-refractivity contribution in [1.82, 2.24) is 15.5 Å². The molecule has 0 fully saturated rings. The van der Waals surface area contributed by atoms with E-state index in [1.807, 2.05) is 13.8 Å². The maximum Gasteiger partial charge on any atom is 0.272 e. The summed E-state index contributed by atoms with van der Waals surface area (Å²) in [6.45, 7) is 7.66. The number of carbonyl (C=O) groups is 1. The van der Waals surface area contributed by atoms with Crippen LogP contribution in [0.15, 0.2) is 6.07 Å². The van der Waals surface area contributed by atoms with Crippen LogP contribution in [0.5, 0.6) is 0 Å². The highest BCUT2D eigenvalue weighted by Gasteiger charge is 2.21. The molecule has 1 aromatic heterocycles. The smallest absolute Gasteiger partial charge is 0.272 e. The van der Waals surface area contributed by atoms with Crippen molar-refractivity contribution in [3.05, 3.63) is 17.5 Å². The number of aromatic amines is 1. The predicted molar refractivity (Wildman–Crippen MR) is 65.7 cm³/mol. The quantitative estimate of drug-likeness (QED) is 0.732. The van der Waals surface area contributed by atoms with Gasteiger partial charge in [0.05, 0.1) is 11.8 Å². The van der Waals surface area contributed by atoms with Gasteiger partial charge in [-0.15, -0.1) is 0 Å². The molecule has 1 rings (SSSR count). The Morgan fingerprint density at radius 3 is 2.76 bits per heavy atom. The van der Waals surface area contributed by atoms with Crippen LogP contribution < -0.4 is 5.32 Å². The van der Waals surface area contributed by atoms with Crippen molar-refractivity contribution < 1.29 is 9.90 Å². The molecular formula is C12H21N3O2. The second kappa shape index (κ2) is 5.31. The Kier molecular flexibility index (Phi) is 4.28. The highest BCUT2D eigenvalue weighted by Crippen LogP contribution is 2.13. The van der Waals surface area contributed by atoms with E-state index in [0.717, 1.165) is 12.8 Å². The van der Waals surface area contributed by atoms with Gasteiger partial charge in [0.1, 0.15) is 5.69 Å². The van der Waals surface area contributed by atoms with Crippen molar-refractivity contribution >= 4 is 5.91 Å². The lowest BCUT2D eigenvalue weighted by atomic mass is 9.99. The van der Waals surface area contributed by atoms with Crippen molar-refractivity contribution in [2.75, 3.05) is 0 Å². The van der Waals surface area contributed by atoms with E-state index in [2.05, 4.69) is 22.4 Å². The van der Waals surface area contributed by atoms with Crippen LogP contribution in [0.1, 0.15) is 62.8 Å². The lowest BCUT2D eigenvalue weighted by Crippen LogP contribution is -2.43. The van der Waals surface area contributed by atoms with Crippen LogP contribution >= 0.6 is 0 Å². The molecule has 0 bridgehead atoms. The number of H-pyrrole nitrogens is 1. The fraction of sp³-hybridized carbons (Fsp3) is 0.667. The zero-order chi connectivity index (χ0) is 13.1. The molecule has 0 saturated carbocycles. The monoisotopic (exact) mass is 239 g/mol. The van der Waals surface area contributed by atoms with E-state index in [1.165, 1.54) is 0 Å². The topological polar surface area (TPSA) is 78.0 Å². The molecule has 17 heavy (non-hydrogen) atoms. The molecule has 1 aromatic rings. The number of nitrogens with one attached hydrogen (secondary N) is 2. The zero-order valence-corrected chi connectivity index (χ0v) is 10.9. The van der Waals surface area contributed by atoms with E-state index in [-0.39, 0.29) is 11.4 Å². The lowest BCUT2D eigenvalue weighted by molar-refractivity contribution is 0.0904. The molecule has 1 amide bonds. The molecule has 1 unspecified atom stereocenters. The van der Waals surface area contributed by atoms with E-state index in [4.69, 9.17) is 0 Å². The summed E-state index contributed by atoms with van der Waals surface area (Å²) in [5.41, 5.74) is 0.615. The summed E-state index contributed by atoms with van der Waals surface area (Å²) >= 11 is 0. The molecule has 1 atom stereocenters. The van der Waals surface area contributed by atoms with Gasteiger partial charge in [-0.25, -0.2) is 0 Å². The standard InChI is InChI=1S/C12H21N3O2/c1-5-6-12(3,4)13-11(17)10-7-9(8(2)16)14-15-10/h7-8,16H,5-6H2,1-4H3,(H,13,17)(H,14,15). The second-order valence-corrected chi connectivity index (χ2v) is 4.97. The molecule has 0 aliphatic heterocycles. The first kappa shape index (κ1) is 13.7. The summed E-state index contributed by atoms with van der Waals surface area (Å²) in [6.07, 6.45) is 1.27. The Morgan fingerprint density at radius 2 is 2.29 bits per heavy atom. The lowest BCUT2D eigenvalue weighted by Gasteiger charge is -2.25. The van der Waals surface area contributed by atoms with Crippen LogP contribution in [0.25, 0.3) is 0 Å². The summed E-state index contributed by atoms with van der Waals surface area (Å²) in [5.74, 6) is -0.216. The number of hydrogen-bond acceptors (Lipinski definition) is 3. The third-order valence-corrected chi connectivity index (χ3v) is 2.61. The van der Waals surface area contributed by atoms with Crippen LogP contribution in [-0.4, -0.2) is 26.7 Å². The summed E-state index contributed by atoms with van der Waals surface area (Å²) in [4.78, 5) is 11.9. The van der Waals surface area contributed by atoms with Crippen LogP contribution in [0.3, 0.4) is 0 Å². The van der Waals surface area contributed by atoms with E-state index in [9.17, 15) is 9.90 Å². The molecular weight excluding hydrogens is 218 g/mol. The van der Waals surface area contributed by atoms with Crippen LogP contribution in [0, 0.1) is 0 Å². The van der Waals surface area contributed by atoms with Gasteiger partial charge in [0.15, 0.2) is 0 Å².